The molecule has 9 heteroatoms. The lowest BCUT2D eigenvalue weighted by Gasteiger charge is -2.15. The highest BCUT2D eigenvalue weighted by atomic mass is 16.6. The second-order valence-electron chi connectivity index (χ2n) is 4.16. The minimum absolute atomic E-state index is 0.209. The molecule has 0 saturated carbocycles. The van der Waals surface area contributed by atoms with Gasteiger partial charge in [0.15, 0.2) is 23.8 Å². The Hall–Kier alpha value is -1.81. The Bertz CT molecular complexity index is 603. The SMILES string of the molecule is Nc1ncnc2c1ncn2[C@@H]1O[C@H](CO)[C@@H](O)[C]1O. The molecule has 9 nitrogen and oxygen atoms in total. The first kappa shape index (κ1) is 12.2. The average molecular weight is 266 g/mol. The maximum Gasteiger partial charge on any atom is 0.174 e. The summed E-state index contributed by atoms with van der Waals surface area (Å²) in [6.45, 7) is -0.411. The number of rotatable bonds is 2. The van der Waals surface area contributed by atoms with Crippen molar-refractivity contribution in [2.75, 3.05) is 12.3 Å². The summed E-state index contributed by atoms with van der Waals surface area (Å²) < 4.78 is 6.78. The van der Waals surface area contributed by atoms with E-state index in [4.69, 9.17) is 15.6 Å². The lowest BCUT2D eigenvalue weighted by Crippen LogP contribution is -2.28. The first-order chi connectivity index (χ1) is 9.13. The molecule has 1 aliphatic rings. The van der Waals surface area contributed by atoms with Gasteiger partial charge >= 0.3 is 0 Å². The molecule has 0 unspecified atom stereocenters. The van der Waals surface area contributed by atoms with Gasteiger partial charge in [0.05, 0.1) is 12.9 Å². The number of aliphatic hydroxyl groups is 3. The van der Waals surface area contributed by atoms with Gasteiger partial charge in [-0.2, -0.15) is 0 Å². The van der Waals surface area contributed by atoms with Crippen LogP contribution in [-0.2, 0) is 4.74 Å². The van der Waals surface area contributed by atoms with E-state index in [0.717, 1.165) is 0 Å². The van der Waals surface area contributed by atoms with E-state index in [-0.39, 0.29) is 11.9 Å². The van der Waals surface area contributed by atoms with Crippen molar-refractivity contribution in [3.63, 3.8) is 0 Å². The van der Waals surface area contributed by atoms with E-state index in [9.17, 15) is 10.2 Å². The molecule has 1 radical (unpaired) electrons. The maximum atomic E-state index is 9.87. The van der Waals surface area contributed by atoms with Gasteiger partial charge in [0.1, 0.15) is 24.1 Å². The molecule has 0 aliphatic carbocycles. The molecule has 101 valence electrons. The molecule has 2 aromatic rings. The van der Waals surface area contributed by atoms with Crippen LogP contribution in [0.1, 0.15) is 6.23 Å². The van der Waals surface area contributed by atoms with Gasteiger partial charge in [-0.25, -0.2) is 15.0 Å². The van der Waals surface area contributed by atoms with Gasteiger partial charge in [0.2, 0.25) is 0 Å². The number of nitrogens with zero attached hydrogens (tertiary/aromatic N) is 4. The maximum absolute atomic E-state index is 9.87. The fraction of sp³-hybridized carbons (Fsp3) is 0.400. The summed E-state index contributed by atoms with van der Waals surface area (Å²) in [5.74, 6) is 0.209. The molecule has 1 saturated heterocycles. The molecule has 3 atom stereocenters. The number of imidazole rings is 1. The Labute approximate surface area is 107 Å². The highest BCUT2D eigenvalue weighted by Gasteiger charge is 2.45. The number of fused-ring (bicyclic) bond motifs is 1. The molecular formula is C10H12N5O4. The first-order valence-corrected chi connectivity index (χ1v) is 5.56. The monoisotopic (exact) mass is 266 g/mol. The smallest absolute Gasteiger partial charge is 0.174 e. The van der Waals surface area contributed by atoms with Crippen molar-refractivity contribution in [3.05, 3.63) is 18.8 Å². The van der Waals surface area contributed by atoms with E-state index in [2.05, 4.69) is 15.0 Å². The van der Waals surface area contributed by atoms with Gasteiger partial charge in [-0.3, -0.25) is 4.57 Å². The number of nitrogens with two attached hydrogens (primary N) is 1. The van der Waals surface area contributed by atoms with Crippen LogP contribution in [0, 0.1) is 6.10 Å². The number of nitrogen functional groups attached to an aromatic ring is 1. The van der Waals surface area contributed by atoms with Crippen LogP contribution in [0.4, 0.5) is 5.82 Å². The predicted octanol–water partition coefficient (Wildman–Crippen LogP) is -1.44. The van der Waals surface area contributed by atoms with Crippen molar-refractivity contribution in [2.24, 2.45) is 0 Å². The van der Waals surface area contributed by atoms with Gasteiger partial charge in [0, 0.05) is 0 Å². The fourth-order valence-electron chi connectivity index (χ4n) is 2.04. The number of aliphatic hydroxyl groups excluding tert-OH is 3. The predicted molar refractivity (Wildman–Crippen MR) is 61.9 cm³/mol. The van der Waals surface area contributed by atoms with Gasteiger partial charge in [-0.15, -0.1) is 0 Å². The third-order valence-corrected chi connectivity index (χ3v) is 3.03. The van der Waals surface area contributed by atoms with Crippen LogP contribution in [-0.4, -0.2) is 53.7 Å². The van der Waals surface area contributed by atoms with Crippen LogP contribution in [0.5, 0.6) is 0 Å². The largest absolute Gasteiger partial charge is 0.394 e. The van der Waals surface area contributed by atoms with Gasteiger partial charge in [-0.05, 0) is 0 Å². The van der Waals surface area contributed by atoms with E-state index in [1.807, 2.05) is 0 Å². The van der Waals surface area contributed by atoms with Crippen LogP contribution in [0.25, 0.3) is 11.2 Å². The standard InChI is InChI=1S/C10H12N5O4/c11-8-5-9(13-2-12-8)15(3-14-5)10-7(18)6(17)4(1-16)19-10/h2-4,6,10,16-18H,1H2,(H2,11,12,13)/t4-,6-,10-/m1/s1. The normalized spacial score (nSPS) is 28.3. The summed E-state index contributed by atoms with van der Waals surface area (Å²) >= 11 is 0. The van der Waals surface area contributed by atoms with Crippen LogP contribution in [0.2, 0.25) is 0 Å². The van der Waals surface area contributed by atoms with Gasteiger partial charge < -0.3 is 25.8 Å². The Morgan fingerprint density at radius 1 is 1.37 bits per heavy atom. The summed E-state index contributed by atoms with van der Waals surface area (Å²) in [5, 5.41) is 28.6. The zero-order chi connectivity index (χ0) is 13.6. The van der Waals surface area contributed by atoms with Crippen LogP contribution in [0.15, 0.2) is 12.7 Å². The first-order valence-electron chi connectivity index (χ1n) is 5.56. The van der Waals surface area contributed by atoms with Crippen LogP contribution < -0.4 is 5.73 Å². The molecule has 0 bridgehead atoms. The number of hydrogen-bond donors (Lipinski definition) is 4. The number of hydrogen-bond acceptors (Lipinski definition) is 8. The summed E-state index contributed by atoms with van der Waals surface area (Å²) in [4.78, 5) is 11.9. The molecule has 5 N–H and O–H groups in total. The van der Waals surface area contributed by atoms with Crippen LogP contribution >= 0.6 is 0 Å². The van der Waals surface area contributed by atoms with Crippen molar-refractivity contribution in [1.82, 2.24) is 19.5 Å². The van der Waals surface area contributed by atoms with Crippen molar-refractivity contribution in [1.29, 1.82) is 0 Å². The molecule has 2 aromatic heterocycles. The molecule has 3 rings (SSSR count). The second kappa shape index (κ2) is 4.38. The highest BCUT2D eigenvalue weighted by molar-refractivity contribution is 5.81. The minimum Gasteiger partial charge on any atom is -0.394 e. The van der Waals surface area contributed by atoms with Crippen LogP contribution in [0.3, 0.4) is 0 Å². The summed E-state index contributed by atoms with van der Waals surface area (Å²) in [7, 11) is 0. The summed E-state index contributed by atoms with van der Waals surface area (Å²) in [6.07, 6.45) is -0.777. The van der Waals surface area contributed by atoms with E-state index >= 15 is 0 Å². The molecule has 1 aliphatic heterocycles. The quantitative estimate of drug-likeness (QED) is 0.518. The molecule has 0 aromatic carbocycles. The summed E-state index contributed by atoms with van der Waals surface area (Å²) in [6, 6.07) is 0. The molecule has 0 spiro atoms. The lowest BCUT2D eigenvalue weighted by atomic mass is 10.1. The zero-order valence-corrected chi connectivity index (χ0v) is 9.71. The summed E-state index contributed by atoms with van der Waals surface area (Å²) in [5.41, 5.74) is 6.40. The minimum atomic E-state index is -1.26. The zero-order valence-electron chi connectivity index (χ0n) is 9.71. The van der Waals surface area contributed by atoms with Gasteiger partial charge in [0.25, 0.3) is 0 Å². The number of anilines is 1. The van der Waals surface area contributed by atoms with E-state index in [1.165, 1.54) is 17.2 Å². The fourth-order valence-corrected chi connectivity index (χ4v) is 2.04. The Balaban J connectivity index is 2.04. The molecule has 1 fully saturated rings. The molecular weight excluding hydrogens is 254 g/mol. The Morgan fingerprint density at radius 3 is 2.84 bits per heavy atom. The second-order valence-corrected chi connectivity index (χ2v) is 4.16. The molecule has 0 amide bonds. The van der Waals surface area contributed by atoms with Crippen molar-refractivity contribution in [2.45, 2.75) is 18.4 Å². The van der Waals surface area contributed by atoms with Crippen molar-refractivity contribution < 1.29 is 20.1 Å². The van der Waals surface area contributed by atoms with E-state index in [0.29, 0.717) is 11.2 Å². The average Bonchev–Trinajstić information content (AvgIpc) is 2.94. The molecule has 3 heterocycles. The van der Waals surface area contributed by atoms with Crippen molar-refractivity contribution >= 4 is 17.0 Å². The third kappa shape index (κ3) is 1.75. The third-order valence-electron chi connectivity index (χ3n) is 3.03. The van der Waals surface area contributed by atoms with Gasteiger partial charge in [-0.1, -0.05) is 0 Å². The lowest BCUT2D eigenvalue weighted by molar-refractivity contribution is -0.0444. The van der Waals surface area contributed by atoms with Crippen molar-refractivity contribution in [3.8, 4) is 0 Å². The topological polar surface area (TPSA) is 140 Å². The number of aromatic nitrogens is 4. The highest BCUT2D eigenvalue weighted by Crippen LogP contribution is 2.36. The Kier molecular flexibility index (Phi) is 2.82. The molecule has 19 heavy (non-hydrogen) atoms. The Morgan fingerprint density at radius 2 is 2.16 bits per heavy atom. The van der Waals surface area contributed by atoms with E-state index < -0.39 is 25.0 Å². The number of ether oxygens (including phenoxy) is 1. The van der Waals surface area contributed by atoms with E-state index in [1.54, 1.807) is 0 Å².